The monoisotopic (exact) mass is 391 g/mol. The van der Waals surface area contributed by atoms with E-state index in [1.54, 1.807) is 6.07 Å². The SMILES string of the molecule is CCOc1ccccc1NC(=O)CSc1nc2cc(C)cc(C)c2cc1C#N. The molecule has 0 spiro atoms. The van der Waals surface area contributed by atoms with Crippen molar-refractivity contribution in [3.8, 4) is 11.8 Å². The van der Waals surface area contributed by atoms with E-state index in [4.69, 9.17) is 4.74 Å². The average molecular weight is 391 g/mol. The third-order valence-corrected chi connectivity index (χ3v) is 5.16. The second kappa shape index (κ2) is 8.77. The number of carbonyl (C=O) groups is 1. The molecule has 3 rings (SSSR count). The second-order valence-electron chi connectivity index (χ2n) is 6.37. The zero-order valence-electron chi connectivity index (χ0n) is 16.1. The number of nitrogens with one attached hydrogen (secondary N) is 1. The molecule has 1 amide bonds. The predicted octanol–water partition coefficient (Wildman–Crippen LogP) is 4.85. The van der Waals surface area contributed by atoms with E-state index in [1.165, 1.54) is 11.8 Å². The fourth-order valence-electron chi connectivity index (χ4n) is 2.97. The fraction of sp³-hybridized carbons (Fsp3) is 0.227. The van der Waals surface area contributed by atoms with Crippen molar-refractivity contribution in [2.75, 3.05) is 17.7 Å². The van der Waals surface area contributed by atoms with Gasteiger partial charge in [0.2, 0.25) is 5.91 Å². The Morgan fingerprint density at radius 1 is 1.25 bits per heavy atom. The Hall–Kier alpha value is -3.04. The predicted molar refractivity (Wildman–Crippen MR) is 113 cm³/mol. The van der Waals surface area contributed by atoms with Crippen molar-refractivity contribution in [1.82, 2.24) is 4.98 Å². The number of para-hydroxylation sites is 2. The van der Waals surface area contributed by atoms with Crippen LogP contribution in [0, 0.1) is 25.2 Å². The van der Waals surface area contributed by atoms with Crippen molar-refractivity contribution in [1.29, 1.82) is 5.26 Å². The maximum atomic E-state index is 12.4. The first kappa shape index (κ1) is 19.7. The lowest BCUT2D eigenvalue weighted by atomic mass is 10.1. The van der Waals surface area contributed by atoms with Crippen LogP contribution in [0.5, 0.6) is 5.75 Å². The molecule has 0 saturated heterocycles. The van der Waals surface area contributed by atoms with E-state index in [1.807, 2.05) is 51.1 Å². The van der Waals surface area contributed by atoms with E-state index in [0.717, 1.165) is 22.0 Å². The molecule has 1 aromatic heterocycles. The topological polar surface area (TPSA) is 75.0 Å². The molecule has 2 aromatic carbocycles. The Bertz CT molecular complexity index is 1070. The van der Waals surface area contributed by atoms with Gasteiger partial charge in [-0.25, -0.2) is 4.98 Å². The summed E-state index contributed by atoms with van der Waals surface area (Å²) in [5.41, 5.74) is 4.14. The van der Waals surface area contributed by atoms with Crippen LogP contribution >= 0.6 is 11.8 Å². The Morgan fingerprint density at radius 2 is 2.04 bits per heavy atom. The highest BCUT2D eigenvalue weighted by Gasteiger charge is 2.13. The van der Waals surface area contributed by atoms with Gasteiger partial charge < -0.3 is 10.1 Å². The number of ether oxygens (including phenoxy) is 1. The maximum Gasteiger partial charge on any atom is 0.234 e. The van der Waals surface area contributed by atoms with Gasteiger partial charge in [0.05, 0.1) is 29.1 Å². The number of nitriles is 1. The summed E-state index contributed by atoms with van der Waals surface area (Å²) in [7, 11) is 0. The van der Waals surface area contributed by atoms with Crippen LogP contribution in [0.15, 0.2) is 47.5 Å². The van der Waals surface area contributed by atoms with Crippen LogP contribution in [0.4, 0.5) is 5.69 Å². The number of anilines is 1. The van der Waals surface area contributed by atoms with Gasteiger partial charge in [0.15, 0.2) is 0 Å². The molecule has 0 aliphatic rings. The summed E-state index contributed by atoms with van der Waals surface area (Å²) in [4.78, 5) is 17.0. The van der Waals surface area contributed by atoms with Crippen molar-refractivity contribution in [2.24, 2.45) is 0 Å². The minimum atomic E-state index is -0.177. The van der Waals surface area contributed by atoms with Gasteiger partial charge in [0.25, 0.3) is 0 Å². The first-order valence-electron chi connectivity index (χ1n) is 8.98. The highest BCUT2D eigenvalue weighted by molar-refractivity contribution is 8.00. The van der Waals surface area contributed by atoms with Gasteiger partial charge in [-0.1, -0.05) is 30.0 Å². The van der Waals surface area contributed by atoms with Gasteiger partial charge in [0.1, 0.15) is 16.8 Å². The summed E-state index contributed by atoms with van der Waals surface area (Å²) < 4.78 is 5.53. The number of thioether (sulfide) groups is 1. The van der Waals surface area contributed by atoms with Crippen LogP contribution in [0.2, 0.25) is 0 Å². The van der Waals surface area contributed by atoms with Gasteiger partial charge in [-0.2, -0.15) is 5.26 Å². The Morgan fingerprint density at radius 3 is 2.79 bits per heavy atom. The number of pyridine rings is 1. The zero-order chi connectivity index (χ0) is 20.1. The Labute approximate surface area is 168 Å². The van der Waals surface area contributed by atoms with E-state index >= 15 is 0 Å². The third kappa shape index (κ3) is 4.44. The van der Waals surface area contributed by atoms with Crippen molar-refractivity contribution in [3.05, 3.63) is 59.2 Å². The molecule has 1 N–H and O–H groups in total. The number of rotatable bonds is 6. The first-order valence-corrected chi connectivity index (χ1v) is 9.97. The van der Waals surface area contributed by atoms with Crippen molar-refractivity contribution >= 4 is 34.3 Å². The van der Waals surface area contributed by atoms with Gasteiger partial charge >= 0.3 is 0 Å². The molecular weight excluding hydrogens is 370 g/mol. The molecule has 0 bridgehead atoms. The number of hydrogen-bond donors (Lipinski definition) is 1. The Balaban J connectivity index is 1.78. The molecule has 142 valence electrons. The summed E-state index contributed by atoms with van der Waals surface area (Å²) >= 11 is 1.26. The zero-order valence-corrected chi connectivity index (χ0v) is 16.9. The number of hydrogen-bond acceptors (Lipinski definition) is 5. The van der Waals surface area contributed by atoms with Crippen molar-refractivity contribution in [3.63, 3.8) is 0 Å². The fourth-order valence-corrected chi connectivity index (χ4v) is 3.74. The molecule has 1 heterocycles. The highest BCUT2D eigenvalue weighted by Crippen LogP contribution is 2.28. The molecule has 28 heavy (non-hydrogen) atoms. The summed E-state index contributed by atoms with van der Waals surface area (Å²) in [6.07, 6.45) is 0. The number of fused-ring (bicyclic) bond motifs is 1. The molecule has 0 saturated carbocycles. The summed E-state index contributed by atoms with van der Waals surface area (Å²) in [5.74, 6) is 0.609. The van der Waals surface area contributed by atoms with E-state index in [9.17, 15) is 10.1 Å². The molecule has 0 fully saturated rings. The standard InChI is InChI=1S/C22H21N3O2S/c1-4-27-20-8-6-5-7-18(20)24-21(26)13-28-22-16(12-23)11-17-15(3)9-14(2)10-19(17)25-22/h5-11H,4,13H2,1-3H3,(H,24,26). The summed E-state index contributed by atoms with van der Waals surface area (Å²) in [5, 5.41) is 13.9. The van der Waals surface area contributed by atoms with Crippen LogP contribution in [0.3, 0.4) is 0 Å². The minimum absolute atomic E-state index is 0.151. The number of aryl methyl sites for hydroxylation is 2. The minimum Gasteiger partial charge on any atom is -0.492 e. The van der Waals surface area contributed by atoms with Crippen LogP contribution in [0.1, 0.15) is 23.6 Å². The van der Waals surface area contributed by atoms with Crippen LogP contribution in [-0.2, 0) is 4.79 Å². The molecule has 3 aromatic rings. The smallest absolute Gasteiger partial charge is 0.234 e. The normalized spacial score (nSPS) is 10.5. The molecule has 5 nitrogen and oxygen atoms in total. The molecule has 0 radical (unpaired) electrons. The third-order valence-electron chi connectivity index (χ3n) is 4.17. The van der Waals surface area contributed by atoms with Crippen LogP contribution in [0.25, 0.3) is 10.9 Å². The van der Waals surface area contributed by atoms with Crippen molar-refractivity contribution in [2.45, 2.75) is 25.8 Å². The van der Waals surface area contributed by atoms with Gasteiger partial charge in [-0.05, 0) is 56.2 Å². The van der Waals surface area contributed by atoms with Crippen LogP contribution < -0.4 is 10.1 Å². The van der Waals surface area contributed by atoms with E-state index < -0.39 is 0 Å². The maximum absolute atomic E-state index is 12.4. The first-order chi connectivity index (χ1) is 13.5. The van der Waals surface area contributed by atoms with Crippen LogP contribution in [-0.4, -0.2) is 23.3 Å². The average Bonchev–Trinajstić information content (AvgIpc) is 2.67. The largest absolute Gasteiger partial charge is 0.492 e. The van der Waals surface area contributed by atoms with Gasteiger partial charge in [0, 0.05) is 5.39 Å². The summed E-state index contributed by atoms with van der Waals surface area (Å²) in [6, 6.07) is 15.4. The number of carbonyl (C=O) groups excluding carboxylic acids is 1. The number of nitrogens with zero attached hydrogens (tertiary/aromatic N) is 2. The second-order valence-corrected chi connectivity index (χ2v) is 7.33. The molecular formula is C22H21N3O2S. The lowest BCUT2D eigenvalue weighted by Crippen LogP contribution is -2.15. The lowest BCUT2D eigenvalue weighted by Gasteiger charge is -2.11. The molecule has 0 aliphatic heterocycles. The lowest BCUT2D eigenvalue weighted by molar-refractivity contribution is -0.113. The van der Waals surface area contributed by atoms with E-state index in [2.05, 4.69) is 22.4 Å². The highest BCUT2D eigenvalue weighted by atomic mass is 32.2. The molecule has 0 atom stereocenters. The van der Waals surface area contributed by atoms with E-state index in [-0.39, 0.29) is 11.7 Å². The Kier molecular flexibility index (Phi) is 6.17. The molecule has 0 aliphatic carbocycles. The quantitative estimate of drug-likeness (QED) is 0.608. The number of aromatic nitrogens is 1. The summed E-state index contributed by atoms with van der Waals surface area (Å²) in [6.45, 7) is 6.44. The van der Waals surface area contributed by atoms with Gasteiger partial charge in [-0.3, -0.25) is 4.79 Å². The number of benzene rings is 2. The molecule has 6 heteroatoms. The van der Waals surface area contributed by atoms with Gasteiger partial charge in [-0.15, -0.1) is 0 Å². The number of amides is 1. The van der Waals surface area contributed by atoms with Crippen molar-refractivity contribution < 1.29 is 9.53 Å². The van der Waals surface area contributed by atoms with E-state index in [0.29, 0.717) is 28.6 Å². The molecule has 0 unspecified atom stereocenters.